The first-order valence-corrected chi connectivity index (χ1v) is 8.97. The lowest BCUT2D eigenvalue weighted by Gasteiger charge is -2.05. The Hall–Kier alpha value is -3.06. The number of fused-ring (bicyclic) bond motifs is 1. The van der Waals surface area contributed by atoms with Gasteiger partial charge in [-0.25, -0.2) is 9.97 Å². The van der Waals surface area contributed by atoms with Crippen LogP contribution < -0.4 is 0 Å². The number of benzene rings is 2. The predicted molar refractivity (Wildman–Crippen MR) is 101 cm³/mol. The third kappa shape index (κ3) is 2.86. The lowest BCUT2D eigenvalue weighted by molar-refractivity contribution is -0.138. The maximum atomic E-state index is 11.5. The monoisotopic (exact) mass is 364 g/mol. The summed E-state index contributed by atoms with van der Waals surface area (Å²) in [6.45, 7) is 3.62. The van der Waals surface area contributed by atoms with Gasteiger partial charge in [0.25, 0.3) is 0 Å². The average Bonchev–Trinajstić information content (AvgIpc) is 3.25. The molecule has 0 radical (unpaired) electrons. The first-order chi connectivity index (χ1) is 12.5. The van der Waals surface area contributed by atoms with Crippen molar-refractivity contribution in [2.75, 3.05) is 0 Å². The minimum Gasteiger partial charge on any atom is -0.481 e. The molecule has 0 bridgehead atoms. The van der Waals surface area contributed by atoms with E-state index in [4.69, 9.17) is 0 Å². The van der Waals surface area contributed by atoms with Crippen molar-refractivity contribution >= 4 is 27.5 Å². The van der Waals surface area contributed by atoms with Crippen molar-refractivity contribution in [3.63, 3.8) is 0 Å². The number of nitrogens with zero attached hydrogens (tertiary/aromatic N) is 4. The molecule has 1 unspecified atom stereocenters. The van der Waals surface area contributed by atoms with Crippen LogP contribution in [0.2, 0.25) is 0 Å². The van der Waals surface area contributed by atoms with E-state index < -0.39 is 11.9 Å². The molecule has 0 amide bonds. The van der Waals surface area contributed by atoms with Gasteiger partial charge in [-0.3, -0.25) is 4.79 Å². The highest BCUT2D eigenvalue weighted by Gasteiger charge is 2.25. The lowest BCUT2D eigenvalue weighted by atomic mass is 10.1. The van der Waals surface area contributed by atoms with Crippen molar-refractivity contribution in [3.05, 3.63) is 59.9 Å². The van der Waals surface area contributed by atoms with Crippen LogP contribution in [-0.4, -0.2) is 30.8 Å². The molecular formula is C19H16N4O2S. The van der Waals surface area contributed by atoms with Gasteiger partial charge in [0, 0.05) is 5.56 Å². The van der Waals surface area contributed by atoms with Crippen molar-refractivity contribution in [3.8, 4) is 16.5 Å². The number of carbonyl (C=O) groups is 1. The molecule has 4 rings (SSSR count). The Morgan fingerprint density at radius 2 is 1.85 bits per heavy atom. The predicted octanol–water partition coefficient (Wildman–Crippen LogP) is 4.04. The van der Waals surface area contributed by atoms with Gasteiger partial charge < -0.3 is 5.11 Å². The van der Waals surface area contributed by atoms with Crippen LogP contribution in [0.1, 0.15) is 24.2 Å². The number of aromatic nitrogens is 4. The second kappa shape index (κ2) is 6.34. The SMILES string of the molecule is Cc1ccc(-c2nc(C(C)C(=O)O)n(-c3nc4ccccc4s3)n2)cc1. The summed E-state index contributed by atoms with van der Waals surface area (Å²) in [7, 11) is 0. The molecule has 4 aromatic rings. The normalized spacial score (nSPS) is 12.4. The number of thiazole rings is 1. The minimum atomic E-state index is -0.949. The minimum absolute atomic E-state index is 0.368. The summed E-state index contributed by atoms with van der Waals surface area (Å²) in [5.41, 5.74) is 2.83. The molecule has 0 aliphatic heterocycles. The molecule has 0 fully saturated rings. The number of hydrogen-bond donors (Lipinski definition) is 1. The third-order valence-electron chi connectivity index (χ3n) is 4.16. The van der Waals surface area contributed by atoms with Crippen molar-refractivity contribution in [2.24, 2.45) is 0 Å². The molecule has 26 heavy (non-hydrogen) atoms. The van der Waals surface area contributed by atoms with Gasteiger partial charge in [0.2, 0.25) is 5.13 Å². The average molecular weight is 364 g/mol. The highest BCUT2D eigenvalue weighted by Crippen LogP contribution is 2.28. The standard InChI is InChI=1S/C19H16N4O2S/c1-11-7-9-13(10-8-11)16-21-17(12(2)18(24)25)23(22-16)19-20-14-5-3-4-6-15(14)26-19/h3-10,12H,1-2H3,(H,24,25). The number of carboxylic acid groups (broad SMARTS) is 1. The van der Waals surface area contributed by atoms with Crippen LogP contribution in [0.3, 0.4) is 0 Å². The first kappa shape index (κ1) is 16.4. The van der Waals surface area contributed by atoms with Crippen LogP contribution in [0.5, 0.6) is 0 Å². The number of para-hydroxylation sites is 1. The Morgan fingerprint density at radius 3 is 2.54 bits per heavy atom. The van der Waals surface area contributed by atoms with E-state index in [1.165, 1.54) is 11.3 Å². The topological polar surface area (TPSA) is 80.9 Å². The maximum absolute atomic E-state index is 11.5. The van der Waals surface area contributed by atoms with Crippen LogP contribution in [-0.2, 0) is 4.79 Å². The fraction of sp³-hybridized carbons (Fsp3) is 0.158. The summed E-state index contributed by atoms with van der Waals surface area (Å²) in [6, 6.07) is 15.6. The first-order valence-electron chi connectivity index (χ1n) is 8.15. The van der Waals surface area contributed by atoms with Crippen LogP contribution in [0, 0.1) is 6.92 Å². The van der Waals surface area contributed by atoms with Gasteiger partial charge >= 0.3 is 5.97 Å². The van der Waals surface area contributed by atoms with Crippen molar-refractivity contribution < 1.29 is 9.90 Å². The zero-order valence-electron chi connectivity index (χ0n) is 14.2. The fourth-order valence-electron chi connectivity index (χ4n) is 2.63. The number of carboxylic acids is 1. The fourth-order valence-corrected chi connectivity index (χ4v) is 3.56. The molecule has 1 N–H and O–H groups in total. The van der Waals surface area contributed by atoms with E-state index in [1.54, 1.807) is 11.6 Å². The summed E-state index contributed by atoms with van der Waals surface area (Å²) in [4.78, 5) is 20.7. The number of hydrogen-bond acceptors (Lipinski definition) is 5. The molecule has 2 aromatic heterocycles. The summed E-state index contributed by atoms with van der Waals surface area (Å²) in [6.07, 6.45) is 0. The Morgan fingerprint density at radius 1 is 1.12 bits per heavy atom. The third-order valence-corrected chi connectivity index (χ3v) is 5.18. The molecule has 0 spiro atoms. The molecule has 0 aliphatic carbocycles. The van der Waals surface area contributed by atoms with Crippen LogP contribution in [0.4, 0.5) is 0 Å². The molecule has 130 valence electrons. The molecule has 2 aromatic carbocycles. The van der Waals surface area contributed by atoms with Crippen molar-refractivity contribution in [1.82, 2.24) is 19.7 Å². The Kier molecular flexibility index (Phi) is 4.00. The van der Waals surface area contributed by atoms with Crippen LogP contribution in [0.15, 0.2) is 48.5 Å². The molecule has 0 saturated carbocycles. The summed E-state index contributed by atoms with van der Waals surface area (Å²) >= 11 is 1.46. The van der Waals surface area contributed by atoms with Gasteiger partial charge in [-0.2, -0.15) is 4.68 Å². The zero-order valence-corrected chi connectivity index (χ0v) is 15.1. The molecule has 7 heteroatoms. The van der Waals surface area contributed by atoms with E-state index in [0.29, 0.717) is 16.8 Å². The van der Waals surface area contributed by atoms with Crippen molar-refractivity contribution in [1.29, 1.82) is 0 Å². The molecule has 1 atom stereocenters. The Bertz CT molecular complexity index is 1070. The van der Waals surface area contributed by atoms with Crippen molar-refractivity contribution in [2.45, 2.75) is 19.8 Å². The summed E-state index contributed by atoms with van der Waals surface area (Å²) in [5.74, 6) is -0.886. The second-order valence-corrected chi connectivity index (χ2v) is 7.10. The van der Waals surface area contributed by atoms with Gasteiger partial charge in [0.05, 0.1) is 10.2 Å². The lowest BCUT2D eigenvalue weighted by Crippen LogP contribution is -2.14. The number of aliphatic carboxylic acids is 1. The van der Waals surface area contributed by atoms with E-state index >= 15 is 0 Å². The zero-order chi connectivity index (χ0) is 18.3. The smallest absolute Gasteiger partial charge is 0.313 e. The maximum Gasteiger partial charge on any atom is 0.313 e. The van der Waals surface area contributed by atoms with E-state index in [0.717, 1.165) is 21.3 Å². The van der Waals surface area contributed by atoms with E-state index in [-0.39, 0.29) is 0 Å². The Balaban J connectivity index is 1.88. The quantitative estimate of drug-likeness (QED) is 0.591. The van der Waals surface area contributed by atoms with Gasteiger partial charge in [0.1, 0.15) is 11.7 Å². The van der Waals surface area contributed by atoms with E-state index in [1.807, 2.05) is 55.5 Å². The number of aryl methyl sites for hydroxylation is 1. The van der Waals surface area contributed by atoms with Gasteiger partial charge in [0.15, 0.2) is 5.82 Å². The molecular weight excluding hydrogens is 348 g/mol. The number of rotatable bonds is 4. The van der Waals surface area contributed by atoms with Crippen LogP contribution >= 0.6 is 11.3 Å². The van der Waals surface area contributed by atoms with Gasteiger partial charge in [-0.05, 0) is 26.0 Å². The van der Waals surface area contributed by atoms with Gasteiger partial charge in [-0.1, -0.05) is 53.3 Å². The van der Waals surface area contributed by atoms with E-state index in [2.05, 4.69) is 15.1 Å². The highest BCUT2D eigenvalue weighted by molar-refractivity contribution is 7.20. The molecule has 2 heterocycles. The van der Waals surface area contributed by atoms with Gasteiger partial charge in [-0.15, -0.1) is 5.10 Å². The van der Waals surface area contributed by atoms with Crippen LogP contribution in [0.25, 0.3) is 26.7 Å². The highest BCUT2D eigenvalue weighted by atomic mass is 32.1. The summed E-state index contributed by atoms with van der Waals surface area (Å²) < 4.78 is 2.57. The molecule has 0 aliphatic rings. The second-order valence-electron chi connectivity index (χ2n) is 6.10. The largest absolute Gasteiger partial charge is 0.481 e. The molecule has 0 saturated heterocycles. The Labute approximate surface area is 153 Å². The molecule has 6 nitrogen and oxygen atoms in total. The van der Waals surface area contributed by atoms with E-state index in [9.17, 15) is 9.90 Å². The summed E-state index contributed by atoms with van der Waals surface area (Å²) in [5, 5.41) is 14.6.